The van der Waals surface area contributed by atoms with Crippen molar-refractivity contribution in [2.45, 2.75) is 13.0 Å². The summed E-state index contributed by atoms with van der Waals surface area (Å²) in [6.07, 6.45) is 0. The van der Waals surface area contributed by atoms with Gasteiger partial charge >= 0.3 is 5.69 Å². The molecule has 7 nitrogen and oxygen atoms in total. The lowest BCUT2D eigenvalue weighted by atomic mass is 10.4. The van der Waals surface area contributed by atoms with Gasteiger partial charge in [0.1, 0.15) is 0 Å². The zero-order chi connectivity index (χ0) is 11.6. The monoisotopic (exact) mass is 214 g/mol. The summed E-state index contributed by atoms with van der Waals surface area (Å²) in [6.45, 7) is 1.58. The number of aromatic nitrogens is 3. The van der Waals surface area contributed by atoms with E-state index >= 15 is 0 Å². The summed E-state index contributed by atoms with van der Waals surface area (Å²) >= 11 is 0. The first-order valence-corrected chi connectivity index (χ1v) is 4.49. The largest absolute Gasteiger partial charge is 0.394 e. The van der Waals surface area contributed by atoms with Gasteiger partial charge in [0, 0.05) is 20.1 Å². The zero-order valence-corrected chi connectivity index (χ0v) is 8.89. The van der Waals surface area contributed by atoms with Crippen molar-refractivity contribution < 1.29 is 5.11 Å². The Kier molecular flexibility index (Phi) is 3.25. The third kappa shape index (κ3) is 2.24. The van der Waals surface area contributed by atoms with Crippen LogP contribution in [-0.4, -0.2) is 32.1 Å². The molecule has 1 aromatic heterocycles. The second-order valence-corrected chi connectivity index (χ2v) is 3.35. The van der Waals surface area contributed by atoms with Gasteiger partial charge in [-0.15, -0.1) is 5.10 Å². The maximum absolute atomic E-state index is 11.5. The molecule has 7 heteroatoms. The normalized spacial score (nSPS) is 12.5. The topological polar surface area (TPSA) is 89.2 Å². The van der Waals surface area contributed by atoms with Crippen LogP contribution in [-0.2, 0) is 14.1 Å². The quantitative estimate of drug-likeness (QED) is 0.624. The number of rotatable bonds is 3. The fraction of sp³-hybridized carbons (Fsp3) is 0.625. The summed E-state index contributed by atoms with van der Waals surface area (Å²) in [5, 5.41) is 15.3. The van der Waals surface area contributed by atoms with Crippen molar-refractivity contribution >= 4 is 5.82 Å². The molecule has 1 unspecified atom stereocenters. The molecule has 1 heterocycles. The van der Waals surface area contributed by atoms with Gasteiger partial charge in [0.2, 0.25) is 5.82 Å². The van der Waals surface area contributed by atoms with Crippen molar-refractivity contribution in [2.24, 2.45) is 14.1 Å². The van der Waals surface area contributed by atoms with Gasteiger partial charge in [-0.05, 0) is 6.92 Å². The highest BCUT2D eigenvalue weighted by Crippen LogP contribution is 1.93. The maximum Gasteiger partial charge on any atom is 0.346 e. The van der Waals surface area contributed by atoms with Crippen molar-refractivity contribution in [2.75, 3.05) is 11.9 Å². The minimum Gasteiger partial charge on any atom is -0.394 e. The van der Waals surface area contributed by atoms with E-state index in [-0.39, 0.29) is 18.5 Å². The standard InChI is InChI=1S/C8H14N4O3/c1-5(4-13)9-6-7(14)11(2)8(15)12(3)10-6/h5,13H,4H2,1-3H3,(H,9,10). The Morgan fingerprint density at radius 3 is 2.60 bits per heavy atom. The molecule has 0 bridgehead atoms. The van der Waals surface area contributed by atoms with Crippen molar-refractivity contribution in [1.82, 2.24) is 14.3 Å². The Hall–Kier alpha value is -1.63. The van der Waals surface area contributed by atoms with Crippen LogP contribution in [0.4, 0.5) is 5.82 Å². The number of hydrogen-bond acceptors (Lipinski definition) is 5. The number of aliphatic hydroxyl groups is 1. The third-order valence-corrected chi connectivity index (χ3v) is 1.98. The third-order valence-electron chi connectivity index (χ3n) is 1.98. The van der Waals surface area contributed by atoms with Gasteiger partial charge in [-0.25, -0.2) is 9.48 Å². The molecule has 0 aromatic carbocycles. The van der Waals surface area contributed by atoms with Gasteiger partial charge in [0.25, 0.3) is 5.56 Å². The van der Waals surface area contributed by atoms with Gasteiger partial charge < -0.3 is 10.4 Å². The zero-order valence-electron chi connectivity index (χ0n) is 8.89. The Morgan fingerprint density at radius 2 is 2.07 bits per heavy atom. The van der Waals surface area contributed by atoms with Crippen molar-refractivity contribution in [3.63, 3.8) is 0 Å². The molecular formula is C8H14N4O3. The van der Waals surface area contributed by atoms with Crippen LogP contribution in [0, 0.1) is 0 Å². The van der Waals surface area contributed by atoms with Crippen LogP contribution in [0.5, 0.6) is 0 Å². The smallest absolute Gasteiger partial charge is 0.346 e. The Bertz CT molecular complexity index is 462. The highest BCUT2D eigenvalue weighted by Gasteiger charge is 2.10. The molecule has 0 radical (unpaired) electrons. The first-order chi connectivity index (χ1) is 6.97. The Labute approximate surface area is 86.0 Å². The molecule has 1 atom stereocenters. The van der Waals surface area contributed by atoms with Gasteiger partial charge in [-0.3, -0.25) is 9.36 Å². The van der Waals surface area contributed by atoms with E-state index < -0.39 is 11.2 Å². The molecule has 1 rings (SSSR count). The molecule has 0 aliphatic heterocycles. The molecule has 0 saturated heterocycles. The predicted molar refractivity (Wildman–Crippen MR) is 54.9 cm³/mol. The van der Waals surface area contributed by atoms with Crippen LogP contribution < -0.4 is 16.6 Å². The maximum atomic E-state index is 11.5. The van der Waals surface area contributed by atoms with E-state index in [1.165, 1.54) is 14.1 Å². The number of nitrogens with one attached hydrogen (secondary N) is 1. The molecule has 0 spiro atoms. The van der Waals surface area contributed by atoms with E-state index in [0.717, 1.165) is 9.25 Å². The molecule has 0 fully saturated rings. The van der Waals surface area contributed by atoms with Crippen LogP contribution in [0.25, 0.3) is 0 Å². The van der Waals surface area contributed by atoms with E-state index in [0.29, 0.717) is 0 Å². The van der Waals surface area contributed by atoms with Crippen LogP contribution in [0.3, 0.4) is 0 Å². The minimum atomic E-state index is -0.501. The van der Waals surface area contributed by atoms with E-state index in [9.17, 15) is 9.59 Å². The summed E-state index contributed by atoms with van der Waals surface area (Å²) in [4.78, 5) is 22.8. The molecule has 2 N–H and O–H groups in total. The second kappa shape index (κ2) is 4.26. The van der Waals surface area contributed by atoms with Gasteiger partial charge in [0.15, 0.2) is 0 Å². The minimum absolute atomic E-state index is 0.0566. The molecular weight excluding hydrogens is 200 g/mol. The lowest BCUT2D eigenvalue weighted by Crippen LogP contribution is -2.41. The Morgan fingerprint density at radius 1 is 1.47 bits per heavy atom. The van der Waals surface area contributed by atoms with E-state index in [1.54, 1.807) is 6.92 Å². The van der Waals surface area contributed by atoms with Gasteiger partial charge in [0.05, 0.1) is 6.61 Å². The summed E-state index contributed by atoms with van der Waals surface area (Å²) in [5.41, 5.74) is -0.986. The Balaban J connectivity index is 3.21. The second-order valence-electron chi connectivity index (χ2n) is 3.35. The average Bonchev–Trinajstić information content (AvgIpc) is 2.22. The molecule has 84 valence electrons. The van der Waals surface area contributed by atoms with Crippen LogP contribution in [0.2, 0.25) is 0 Å². The van der Waals surface area contributed by atoms with E-state index in [1.807, 2.05) is 0 Å². The molecule has 0 amide bonds. The van der Waals surface area contributed by atoms with Crippen LogP contribution in [0.15, 0.2) is 9.59 Å². The van der Waals surface area contributed by atoms with E-state index in [2.05, 4.69) is 10.4 Å². The van der Waals surface area contributed by atoms with Crippen LogP contribution >= 0.6 is 0 Å². The number of nitrogens with zero attached hydrogens (tertiary/aromatic N) is 3. The van der Waals surface area contributed by atoms with Crippen LogP contribution in [0.1, 0.15) is 6.92 Å². The first kappa shape index (κ1) is 11.4. The highest BCUT2D eigenvalue weighted by molar-refractivity contribution is 5.30. The van der Waals surface area contributed by atoms with Crippen molar-refractivity contribution in [3.8, 4) is 0 Å². The number of aryl methyl sites for hydroxylation is 1. The SMILES string of the molecule is CC(CO)Nc1nn(C)c(=O)n(C)c1=O. The van der Waals surface area contributed by atoms with Gasteiger partial charge in [-0.1, -0.05) is 0 Å². The molecule has 0 saturated carbocycles. The number of hydrogen-bond donors (Lipinski definition) is 2. The fourth-order valence-electron chi connectivity index (χ4n) is 1.07. The first-order valence-electron chi connectivity index (χ1n) is 4.49. The highest BCUT2D eigenvalue weighted by atomic mass is 16.3. The summed E-state index contributed by atoms with van der Waals surface area (Å²) in [5.74, 6) is 0.0566. The lowest BCUT2D eigenvalue weighted by molar-refractivity contribution is 0.281. The number of anilines is 1. The molecule has 15 heavy (non-hydrogen) atoms. The fourth-order valence-corrected chi connectivity index (χ4v) is 1.07. The molecule has 1 aromatic rings. The lowest BCUT2D eigenvalue weighted by Gasteiger charge is -2.11. The van der Waals surface area contributed by atoms with E-state index in [4.69, 9.17) is 5.11 Å². The van der Waals surface area contributed by atoms with Crippen molar-refractivity contribution in [1.29, 1.82) is 0 Å². The average molecular weight is 214 g/mol. The summed E-state index contributed by atoms with van der Waals surface area (Å²) in [6, 6.07) is -0.289. The summed E-state index contributed by atoms with van der Waals surface area (Å²) < 4.78 is 2.02. The van der Waals surface area contributed by atoms with Gasteiger partial charge in [-0.2, -0.15) is 0 Å². The van der Waals surface area contributed by atoms with Crippen molar-refractivity contribution in [3.05, 3.63) is 20.8 Å². The molecule has 0 aliphatic carbocycles. The summed E-state index contributed by atoms with van der Waals surface area (Å²) in [7, 11) is 2.83. The molecule has 0 aliphatic rings. The predicted octanol–water partition coefficient (Wildman–Crippen LogP) is -1.73. The number of aliphatic hydroxyl groups excluding tert-OH is 1.